The maximum absolute atomic E-state index is 10.7. The predicted molar refractivity (Wildman–Crippen MR) is 66.9 cm³/mol. The van der Waals surface area contributed by atoms with Crippen LogP contribution in [0.4, 0.5) is 11.4 Å². The van der Waals surface area contributed by atoms with Crippen LogP contribution < -0.4 is 10.1 Å². The fraction of sp³-hybridized carbons (Fsp3) is 0.500. The smallest absolute Gasteiger partial charge is 0.311 e. The summed E-state index contributed by atoms with van der Waals surface area (Å²) in [4.78, 5) is 10.2. The number of ether oxygens (including phenoxy) is 1. The Morgan fingerprint density at radius 3 is 2.78 bits per heavy atom. The van der Waals surface area contributed by atoms with Gasteiger partial charge in [-0.1, -0.05) is 0 Å². The molecule has 0 spiro atoms. The molecule has 6 nitrogen and oxygen atoms in total. The Kier molecular flexibility index (Phi) is 3.38. The van der Waals surface area contributed by atoms with Gasteiger partial charge in [0.05, 0.1) is 17.6 Å². The molecule has 0 heterocycles. The summed E-state index contributed by atoms with van der Waals surface area (Å²) >= 11 is 0. The van der Waals surface area contributed by atoms with Crippen molar-refractivity contribution in [2.24, 2.45) is 0 Å². The van der Waals surface area contributed by atoms with Gasteiger partial charge >= 0.3 is 5.69 Å². The highest BCUT2D eigenvalue weighted by atomic mass is 16.6. The van der Waals surface area contributed by atoms with E-state index in [0.29, 0.717) is 12.2 Å². The van der Waals surface area contributed by atoms with E-state index in [9.17, 15) is 15.2 Å². The molecular formula is C12H16N2O4. The highest BCUT2D eigenvalue weighted by Gasteiger charge is 2.34. The summed E-state index contributed by atoms with van der Waals surface area (Å²) in [7, 11) is 1.39. The lowest BCUT2D eigenvalue weighted by Crippen LogP contribution is -2.43. The van der Waals surface area contributed by atoms with Gasteiger partial charge in [-0.25, -0.2) is 0 Å². The van der Waals surface area contributed by atoms with Crippen molar-refractivity contribution in [1.29, 1.82) is 0 Å². The van der Waals surface area contributed by atoms with E-state index in [0.717, 1.165) is 19.3 Å². The number of benzene rings is 1. The number of hydrogen-bond acceptors (Lipinski definition) is 5. The van der Waals surface area contributed by atoms with E-state index in [1.807, 2.05) is 0 Å². The Labute approximate surface area is 105 Å². The molecule has 0 bridgehead atoms. The van der Waals surface area contributed by atoms with Crippen LogP contribution in [0.1, 0.15) is 19.3 Å². The highest BCUT2D eigenvalue weighted by molar-refractivity contribution is 5.58. The number of methoxy groups -OCH3 is 1. The zero-order valence-corrected chi connectivity index (χ0v) is 10.2. The van der Waals surface area contributed by atoms with E-state index in [4.69, 9.17) is 4.74 Å². The Hall–Kier alpha value is -1.82. The molecule has 1 aliphatic carbocycles. The van der Waals surface area contributed by atoms with E-state index in [-0.39, 0.29) is 11.4 Å². The molecule has 1 aromatic carbocycles. The first kappa shape index (κ1) is 12.6. The fourth-order valence-electron chi connectivity index (χ4n) is 1.97. The van der Waals surface area contributed by atoms with E-state index >= 15 is 0 Å². The zero-order chi connectivity index (χ0) is 13.2. The Bertz CT molecular complexity index is 457. The monoisotopic (exact) mass is 252 g/mol. The van der Waals surface area contributed by atoms with Crippen LogP contribution in [0, 0.1) is 10.1 Å². The topological polar surface area (TPSA) is 84.6 Å². The normalized spacial score (nSPS) is 16.8. The van der Waals surface area contributed by atoms with Gasteiger partial charge in [-0.2, -0.15) is 0 Å². The molecule has 0 radical (unpaired) electrons. The third-order valence-corrected chi connectivity index (χ3v) is 3.28. The second kappa shape index (κ2) is 4.81. The maximum atomic E-state index is 10.7. The Balaban J connectivity index is 2.07. The van der Waals surface area contributed by atoms with Gasteiger partial charge in [0, 0.05) is 24.4 Å². The molecule has 0 atom stereocenters. The number of hydrogen-bond donors (Lipinski definition) is 2. The van der Waals surface area contributed by atoms with Crippen molar-refractivity contribution in [1.82, 2.24) is 0 Å². The number of nitrogens with zero attached hydrogens (tertiary/aromatic N) is 1. The van der Waals surface area contributed by atoms with Crippen molar-refractivity contribution < 1.29 is 14.8 Å². The number of rotatable bonds is 5. The van der Waals surface area contributed by atoms with Gasteiger partial charge in [0.1, 0.15) is 0 Å². The molecule has 98 valence electrons. The molecular weight excluding hydrogens is 236 g/mol. The molecule has 1 saturated carbocycles. The fourth-order valence-corrected chi connectivity index (χ4v) is 1.97. The minimum absolute atomic E-state index is 0.0644. The van der Waals surface area contributed by atoms with Crippen molar-refractivity contribution in [2.45, 2.75) is 24.9 Å². The third-order valence-electron chi connectivity index (χ3n) is 3.28. The summed E-state index contributed by atoms with van der Waals surface area (Å²) in [6, 6.07) is 4.58. The SMILES string of the molecule is COc1cc(NCC2(O)CCC2)ccc1[N+](=O)[O-]. The van der Waals surface area contributed by atoms with Gasteiger partial charge in [0.25, 0.3) is 0 Å². The second-order valence-corrected chi connectivity index (χ2v) is 4.58. The van der Waals surface area contributed by atoms with Crippen LogP contribution in [-0.2, 0) is 0 Å². The predicted octanol–water partition coefficient (Wildman–Crippen LogP) is 1.93. The summed E-state index contributed by atoms with van der Waals surface area (Å²) in [5.41, 5.74) is 0.0119. The van der Waals surface area contributed by atoms with Crippen molar-refractivity contribution in [3.05, 3.63) is 28.3 Å². The van der Waals surface area contributed by atoms with Crippen molar-refractivity contribution in [3.63, 3.8) is 0 Å². The minimum Gasteiger partial charge on any atom is -0.490 e. The lowest BCUT2D eigenvalue weighted by Gasteiger charge is -2.36. The van der Waals surface area contributed by atoms with E-state index in [2.05, 4.69) is 5.32 Å². The molecule has 6 heteroatoms. The van der Waals surface area contributed by atoms with Gasteiger partial charge in [0.2, 0.25) is 0 Å². The van der Waals surface area contributed by atoms with Crippen molar-refractivity contribution >= 4 is 11.4 Å². The van der Waals surface area contributed by atoms with Gasteiger partial charge < -0.3 is 15.2 Å². The van der Waals surface area contributed by atoms with Crippen LogP contribution >= 0.6 is 0 Å². The van der Waals surface area contributed by atoms with Gasteiger partial charge in [-0.05, 0) is 25.3 Å². The van der Waals surface area contributed by atoms with Crippen LogP contribution in [0.2, 0.25) is 0 Å². The first-order chi connectivity index (χ1) is 8.54. The first-order valence-electron chi connectivity index (χ1n) is 5.83. The zero-order valence-electron chi connectivity index (χ0n) is 10.2. The van der Waals surface area contributed by atoms with Crippen LogP contribution in [0.15, 0.2) is 18.2 Å². The summed E-state index contributed by atoms with van der Waals surface area (Å²) in [6.45, 7) is 0.452. The molecule has 0 saturated heterocycles. The quantitative estimate of drug-likeness (QED) is 0.618. The molecule has 1 aliphatic rings. The first-order valence-corrected chi connectivity index (χ1v) is 5.83. The Morgan fingerprint density at radius 2 is 2.28 bits per heavy atom. The molecule has 0 amide bonds. The summed E-state index contributed by atoms with van der Waals surface area (Å²) < 4.78 is 4.98. The summed E-state index contributed by atoms with van der Waals surface area (Å²) in [5.74, 6) is 0.214. The molecule has 2 N–H and O–H groups in total. The maximum Gasteiger partial charge on any atom is 0.311 e. The molecule has 18 heavy (non-hydrogen) atoms. The van der Waals surface area contributed by atoms with Crippen molar-refractivity contribution in [3.8, 4) is 5.75 Å². The standard InChI is InChI=1S/C12H16N2O4/c1-18-11-7-9(3-4-10(11)14(16)17)13-8-12(15)5-2-6-12/h3-4,7,13,15H,2,5-6,8H2,1H3. The van der Waals surface area contributed by atoms with Gasteiger partial charge in [-0.15, -0.1) is 0 Å². The molecule has 0 aromatic heterocycles. The van der Waals surface area contributed by atoms with Crippen LogP contribution in [0.3, 0.4) is 0 Å². The summed E-state index contributed by atoms with van der Waals surface area (Å²) in [6.07, 6.45) is 2.63. The molecule has 1 aromatic rings. The van der Waals surface area contributed by atoms with Gasteiger partial charge in [-0.3, -0.25) is 10.1 Å². The molecule has 0 unspecified atom stereocenters. The average molecular weight is 252 g/mol. The van der Waals surface area contributed by atoms with Crippen LogP contribution in [-0.4, -0.2) is 29.3 Å². The Morgan fingerprint density at radius 1 is 1.56 bits per heavy atom. The van der Waals surface area contributed by atoms with E-state index in [1.165, 1.54) is 13.2 Å². The number of anilines is 1. The second-order valence-electron chi connectivity index (χ2n) is 4.58. The largest absolute Gasteiger partial charge is 0.490 e. The lowest BCUT2D eigenvalue weighted by atomic mass is 9.80. The lowest BCUT2D eigenvalue weighted by molar-refractivity contribution is -0.385. The number of aliphatic hydroxyl groups is 1. The number of nitrogens with one attached hydrogen (secondary N) is 1. The number of nitro benzene ring substituents is 1. The highest BCUT2D eigenvalue weighted by Crippen LogP contribution is 2.33. The molecule has 1 fully saturated rings. The van der Waals surface area contributed by atoms with Gasteiger partial charge in [0.15, 0.2) is 5.75 Å². The minimum atomic E-state index is -0.630. The van der Waals surface area contributed by atoms with E-state index < -0.39 is 10.5 Å². The third kappa shape index (κ3) is 2.53. The average Bonchev–Trinajstić information content (AvgIpc) is 2.33. The van der Waals surface area contributed by atoms with Crippen molar-refractivity contribution in [2.75, 3.05) is 19.0 Å². The number of nitro groups is 1. The molecule has 0 aliphatic heterocycles. The van der Waals surface area contributed by atoms with Crippen LogP contribution in [0.25, 0.3) is 0 Å². The summed E-state index contributed by atoms with van der Waals surface area (Å²) in [5, 5.41) is 23.7. The van der Waals surface area contributed by atoms with Crippen LogP contribution in [0.5, 0.6) is 5.75 Å². The molecule has 2 rings (SSSR count). The van der Waals surface area contributed by atoms with E-state index in [1.54, 1.807) is 12.1 Å².